The Labute approximate surface area is 212 Å². The Morgan fingerprint density at radius 2 is 1.71 bits per heavy atom. The van der Waals surface area contributed by atoms with E-state index in [-0.39, 0.29) is 10.8 Å². The van der Waals surface area contributed by atoms with Gasteiger partial charge in [0.05, 0.1) is 0 Å². The van der Waals surface area contributed by atoms with Gasteiger partial charge in [-0.1, -0.05) is 0 Å². The Balaban J connectivity index is 1.68. The SMILES string of the molecule is CCC[CH2][Ti]1([CH2]C(CC)(C2=CC=CC2)C2c3ccccc3-c3cc(C(C)(C)C)ccc32)[CH2][CH]1C. The van der Waals surface area contributed by atoms with Crippen LogP contribution in [0.1, 0.15) is 89.8 Å². The molecule has 1 heterocycles. The van der Waals surface area contributed by atoms with E-state index in [0.717, 1.165) is 10.6 Å². The maximum atomic E-state index is 2.60. The van der Waals surface area contributed by atoms with E-state index < -0.39 is 16.6 Å². The van der Waals surface area contributed by atoms with Crippen LogP contribution in [-0.4, -0.2) is 0 Å². The van der Waals surface area contributed by atoms with Gasteiger partial charge in [-0.05, 0) is 0 Å². The van der Waals surface area contributed by atoms with Crippen molar-refractivity contribution < 1.29 is 16.6 Å². The standard InChI is InChI=1S/C26H29.C4H9.C3H6.Ti/c1-6-26(5,18-11-7-8-12-18)24-21-14-10-9-13-20(21)23-17-19(25(2,3)4)15-16-22(23)24;1-3-4-2;1-3-2;/h7-11,13-17,24H,5-6,12H2,1-4H3;1,3-4H2,2H3;3H,1H2,2H3;. The van der Waals surface area contributed by atoms with Gasteiger partial charge in [-0.15, -0.1) is 0 Å². The molecule has 0 radical (unpaired) electrons. The molecular formula is C33H44Ti. The number of hydrogen-bond donors (Lipinski definition) is 0. The zero-order valence-electron chi connectivity index (χ0n) is 22.4. The first-order valence-corrected chi connectivity index (χ1v) is 18.1. The van der Waals surface area contributed by atoms with Crippen molar-refractivity contribution in [1.29, 1.82) is 0 Å². The summed E-state index contributed by atoms with van der Waals surface area (Å²) in [5.41, 5.74) is 9.83. The van der Waals surface area contributed by atoms with E-state index >= 15 is 0 Å². The van der Waals surface area contributed by atoms with Crippen LogP contribution in [0.5, 0.6) is 0 Å². The molecular weight excluding hydrogens is 444 g/mol. The summed E-state index contributed by atoms with van der Waals surface area (Å²) in [4.78, 5) is 0. The van der Waals surface area contributed by atoms with Crippen LogP contribution in [0.25, 0.3) is 11.1 Å². The average Bonchev–Trinajstić information content (AvgIpc) is 3.18. The van der Waals surface area contributed by atoms with Gasteiger partial charge in [0.2, 0.25) is 0 Å². The molecule has 0 aromatic heterocycles. The molecule has 34 heavy (non-hydrogen) atoms. The van der Waals surface area contributed by atoms with E-state index in [1.807, 2.05) is 0 Å². The van der Waals surface area contributed by atoms with Gasteiger partial charge in [0, 0.05) is 0 Å². The van der Waals surface area contributed by atoms with Crippen molar-refractivity contribution in [2.75, 3.05) is 0 Å². The van der Waals surface area contributed by atoms with Crippen molar-refractivity contribution in [2.45, 2.75) is 97.0 Å². The molecule has 2 aromatic rings. The number of benzene rings is 2. The summed E-state index contributed by atoms with van der Waals surface area (Å²) in [6.07, 6.45) is 12.5. The van der Waals surface area contributed by atoms with Crippen LogP contribution in [0, 0.1) is 5.41 Å². The fourth-order valence-electron chi connectivity index (χ4n) is 7.43. The fourth-order valence-corrected chi connectivity index (χ4v) is 17.8. The molecule has 0 nitrogen and oxygen atoms in total. The Hall–Kier alpha value is -1.37. The van der Waals surface area contributed by atoms with Gasteiger partial charge >= 0.3 is 213 Å². The molecule has 4 unspecified atom stereocenters. The Morgan fingerprint density at radius 3 is 2.32 bits per heavy atom. The van der Waals surface area contributed by atoms with E-state index in [1.54, 1.807) is 26.2 Å². The van der Waals surface area contributed by atoms with E-state index in [2.05, 4.69) is 102 Å². The molecule has 0 saturated carbocycles. The molecule has 3 aliphatic rings. The molecule has 2 aliphatic carbocycles. The summed E-state index contributed by atoms with van der Waals surface area (Å²) < 4.78 is 5.76. The molecule has 5 rings (SSSR count). The molecule has 4 atom stereocenters. The van der Waals surface area contributed by atoms with Crippen LogP contribution in [0.2, 0.25) is 18.4 Å². The van der Waals surface area contributed by atoms with E-state index in [1.165, 1.54) is 40.7 Å². The monoisotopic (exact) mass is 488 g/mol. The molecule has 2 aromatic carbocycles. The molecule has 0 amide bonds. The predicted octanol–water partition coefficient (Wildman–Crippen LogP) is 10.4. The number of fused-ring (bicyclic) bond motifs is 3. The first-order chi connectivity index (χ1) is 16.3. The maximum absolute atomic E-state index is 2.60. The third-order valence-electron chi connectivity index (χ3n) is 9.68. The Kier molecular flexibility index (Phi) is 6.40. The van der Waals surface area contributed by atoms with Crippen LogP contribution < -0.4 is 0 Å². The Bertz CT molecular complexity index is 1130. The van der Waals surface area contributed by atoms with Crippen LogP contribution in [-0.2, 0) is 22.0 Å². The third kappa shape index (κ3) is 3.94. The van der Waals surface area contributed by atoms with Gasteiger partial charge < -0.3 is 0 Å². The zero-order chi connectivity index (χ0) is 24.1. The van der Waals surface area contributed by atoms with E-state index in [9.17, 15) is 0 Å². The molecule has 1 aliphatic heterocycles. The number of allylic oxidation sites excluding steroid dienone is 4. The minimum atomic E-state index is -1.83. The molecule has 0 N–H and O–H groups in total. The summed E-state index contributed by atoms with van der Waals surface area (Å²) in [7, 11) is 0. The van der Waals surface area contributed by atoms with Crippen LogP contribution in [0.3, 0.4) is 0 Å². The average molecular weight is 489 g/mol. The third-order valence-corrected chi connectivity index (χ3v) is 18.9. The molecule has 1 saturated heterocycles. The Morgan fingerprint density at radius 1 is 0.971 bits per heavy atom. The number of unbranched alkanes of at least 4 members (excludes halogenated alkanes) is 1. The topological polar surface area (TPSA) is 0 Å². The van der Waals surface area contributed by atoms with Gasteiger partial charge in [0.15, 0.2) is 0 Å². The quantitative estimate of drug-likeness (QED) is 0.324. The first-order valence-electron chi connectivity index (χ1n) is 13.9. The van der Waals surface area contributed by atoms with Crippen LogP contribution in [0.15, 0.2) is 66.3 Å². The first kappa shape index (κ1) is 24.3. The van der Waals surface area contributed by atoms with Crippen LogP contribution in [0.4, 0.5) is 0 Å². The van der Waals surface area contributed by atoms with Gasteiger partial charge in [0.25, 0.3) is 0 Å². The van der Waals surface area contributed by atoms with Crippen LogP contribution >= 0.6 is 0 Å². The van der Waals surface area contributed by atoms with Crippen molar-refractivity contribution in [3.8, 4) is 11.1 Å². The molecule has 1 fully saturated rings. The van der Waals surface area contributed by atoms with Crippen molar-refractivity contribution in [2.24, 2.45) is 5.41 Å². The molecule has 1 heteroatoms. The van der Waals surface area contributed by atoms with Crippen molar-refractivity contribution >= 4 is 0 Å². The van der Waals surface area contributed by atoms with E-state index in [0.29, 0.717) is 5.92 Å². The van der Waals surface area contributed by atoms with E-state index in [4.69, 9.17) is 0 Å². The number of rotatable bonds is 8. The van der Waals surface area contributed by atoms with Gasteiger partial charge in [-0.3, -0.25) is 0 Å². The summed E-state index contributed by atoms with van der Waals surface area (Å²) in [5, 5.41) is 0. The minimum absolute atomic E-state index is 0.171. The number of hydrogen-bond acceptors (Lipinski definition) is 0. The fraction of sp³-hybridized carbons (Fsp3) is 0.515. The van der Waals surface area contributed by atoms with Gasteiger partial charge in [-0.2, -0.15) is 0 Å². The predicted molar refractivity (Wildman–Crippen MR) is 146 cm³/mol. The summed E-state index contributed by atoms with van der Waals surface area (Å²) in [6.45, 7) is 14.5. The van der Waals surface area contributed by atoms with Crippen molar-refractivity contribution in [3.05, 3.63) is 83.0 Å². The second kappa shape index (κ2) is 8.94. The summed E-state index contributed by atoms with van der Waals surface area (Å²) in [6, 6.07) is 16.9. The molecule has 0 spiro atoms. The second-order valence-corrected chi connectivity index (χ2v) is 20.4. The molecule has 0 bridgehead atoms. The van der Waals surface area contributed by atoms with Gasteiger partial charge in [-0.25, -0.2) is 0 Å². The second-order valence-electron chi connectivity index (χ2n) is 12.7. The molecule has 180 valence electrons. The summed E-state index contributed by atoms with van der Waals surface area (Å²) in [5.74, 6) is 0.501. The normalized spacial score (nSPS) is 26.7. The van der Waals surface area contributed by atoms with Crippen molar-refractivity contribution in [1.82, 2.24) is 0 Å². The summed E-state index contributed by atoms with van der Waals surface area (Å²) >= 11 is -1.83. The van der Waals surface area contributed by atoms with Crippen molar-refractivity contribution in [3.63, 3.8) is 0 Å². The van der Waals surface area contributed by atoms with Gasteiger partial charge in [0.1, 0.15) is 0 Å². The zero-order valence-corrected chi connectivity index (χ0v) is 23.9.